The molecule has 1 amide bonds. The van der Waals surface area contributed by atoms with Crippen molar-refractivity contribution < 1.29 is 9.18 Å². The lowest BCUT2D eigenvalue weighted by atomic mass is 9.86. The van der Waals surface area contributed by atoms with Crippen LogP contribution in [0.3, 0.4) is 0 Å². The second kappa shape index (κ2) is 9.18. The molecule has 2 aliphatic heterocycles. The first-order valence-electron chi connectivity index (χ1n) is 10.7. The van der Waals surface area contributed by atoms with Crippen LogP contribution in [0.5, 0.6) is 0 Å². The van der Waals surface area contributed by atoms with Crippen LogP contribution in [0.4, 0.5) is 10.1 Å². The Hall–Kier alpha value is -2.38. The lowest BCUT2D eigenvalue weighted by molar-refractivity contribution is -0.119. The minimum Gasteiger partial charge on any atom is -0.326 e. The van der Waals surface area contributed by atoms with E-state index in [9.17, 15) is 9.18 Å². The summed E-state index contributed by atoms with van der Waals surface area (Å²) in [7, 11) is 2.13. The summed E-state index contributed by atoms with van der Waals surface area (Å²) in [4.78, 5) is 26.1. The Morgan fingerprint density at radius 2 is 1.83 bits per heavy atom. The second-order valence-corrected chi connectivity index (χ2v) is 8.69. The Morgan fingerprint density at radius 3 is 2.50 bits per heavy atom. The van der Waals surface area contributed by atoms with Crippen molar-refractivity contribution in [2.24, 2.45) is 11.8 Å². The van der Waals surface area contributed by atoms with Gasteiger partial charge in [-0.15, -0.1) is 0 Å². The van der Waals surface area contributed by atoms with Crippen molar-refractivity contribution in [3.8, 4) is 0 Å². The summed E-state index contributed by atoms with van der Waals surface area (Å²) in [6.45, 7) is 5.71. The van der Waals surface area contributed by atoms with Gasteiger partial charge in [0.1, 0.15) is 11.6 Å². The third-order valence-electron chi connectivity index (χ3n) is 6.50. The monoisotopic (exact) mass is 411 g/mol. The Bertz CT molecular complexity index is 849. The molecule has 0 unspecified atom stereocenters. The highest BCUT2D eigenvalue weighted by Gasteiger charge is 2.39. The number of nitrogens with zero attached hydrogens (tertiary/aromatic N) is 4. The van der Waals surface area contributed by atoms with E-state index in [1.54, 1.807) is 12.1 Å². The highest BCUT2D eigenvalue weighted by molar-refractivity contribution is 5.92. The van der Waals surface area contributed by atoms with Gasteiger partial charge in [0.05, 0.1) is 5.92 Å². The number of anilines is 1. The lowest BCUT2D eigenvalue weighted by Crippen LogP contribution is -2.41. The van der Waals surface area contributed by atoms with Gasteiger partial charge >= 0.3 is 0 Å². The molecule has 0 saturated carbocycles. The molecule has 2 aliphatic rings. The number of halogens is 1. The molecule has 4 rings (SSSR count). The molecule has 2 aromatic rings. The van der Waals surface area contributed by atoms with Gasteiger partial charge in [-0.1, -0.05) is 0 Å². The highest BCUT2D eigenvalue weighted by atomic mass is 19.1. The third-order valence-corrected chi connectivity index (χ3v) is 6.50. The molecule has 1 N–H and O–H groups in total. The number of nitrogens with one attached hydrogen (secondary N) is 1. The molecule has 2 fully saturated rings. The number of carbonyl (C=O) groups is 1. The number of aryl methyl sites for hydroxylation is 1. The van der Waals surface area contributed by atoms with Gasteiger partial charge in [-0.3, -0.25) is 9.69 Å². The second-order valence-electron chi connectivity index (χ2n) is 8.69. The normalized spacial score (nSPS) is 23.6. The molecular weight excluding hydrogens is 381 g/mol. The molecule has 6 nitrogen and oxygen atoms in total. The van der Waals surface area contributed by atoms with Crippen molar-refractivity contribution in [2.45, 2.75) is 38.8 Å². The molecule has 0 aliphatic carbocycles. The Balaban J connectivity index is 1.27. The molecule has 2 atom stereocenters. The van der Waals surface area contributed by atoms with Gasteiger partial charge in [0.2, 0.25) is 5.91 Å². The van der Waals surface area contributed by atoms with E-state index in [1.807, 2.05) is 19.3 Å². The van der Waals surface area contributed by atoms with Crippen LogP contribution in [0.2, 0.25) is 0 Å². The van der Waals surface area contributed by atoms with Gasteiger partial charge in [-0.25, -0.2) is 14.4 Å². The molecule has 2 saturated heterocycles. The standard InChI is InChI=1S/C23H30FN5O/c1-16-25-12-17(13-26-16)14-29-9-7-18(8-10-29)22-11-19(15-28(22)2)23(30)27-21-5-3-20(24)4-6-21/h3-6,12-13,18-19,22H,7-11,14-15H2,1-2H3,(H,27,30)/t19-,22-/m1/s1. The molecule has 30 heavy (non-hydrogen) atoms. The van der Waals surface area contributed by atoms with Crippen molar-refractivity contribution in [1.82, 2.24) is 19.8 Å². The molecule has 7 heteroatoms. The van der Waals surface area contributed by atoms with Crippen molar-refractivity contribution in [1.29, 1.82) is 0 Å². The maximum absolute atomic E-state index is 13.1. The van der Waals surface area contributed by atoms with Crippen LogP contribution in [0.25, 0.3) is 0 Å². The number of aromatic nitrogens is 2. The first kappa shape index (κ1) is 20.9. The fraction of sp³-hybridized carbons (Fsp3) is 0.522. The zero-order chi connectivity index (χ0) is 21.1. The van der Waals surface area contributed by atoms with Gasteiger partial charge in [0.25, 0.3) is 0 Å². The van der Waals surface area contributed by atoms with Crippen LogP contribution in [-0.4, -0.2) is 58.4 Å². The maximum atomic E-state index is 13.1. The molecule has 0 radical (unpaired) electrons. The molecule has 160 valence electrons. The molecule has 0 bridgehead atoms. The zero-order valence-electron chi connectivity index (χ0n) is 17.7. The van der Waals surface area contributed by atoms with Crippen LogP contribution in [-0.2, 0) is 11.3 Å². The van der Waals surface area contributed by atoms with Crippen LogP contribution >= 0.6 is 0 Å². The summed E-state index contributed by atoms with van der Waals surface area (Å²) in [6, 6.07) is 6.40. The molecule has 3 heterocycles. The average molecular weight is 412 g/mol. The van der Waals surface area contributed by atoms with Crippen LogP contribution in [0, 0.1) is 24.6 Å². The van der Waals surface area contributed by atoms with E-state index >= 15 is 0 Å². The Kier molecular flexibility index (Phi) is 6.39. The molecule has 1 aromatic heterocycles. The van der Waals surface area contributed by atoms with Gasteiger partial charge in [0, 0.05) is 42.8 Å². The topological polar surface area (TPSA) is 61.4 Å². The number of amides is 1. The fourth-order valence-corrected chi connectivity index (χ4v) is 4.80. The van der Waals surface area contributed by atoms with E-state index in [0.29, 0.717) is 17.6 Å². The summed E-state index contributed by atoms with van der Waals surface area (Å²) >= 11 is 0. The SMILES string of the molecule is Cc1ncc(CN2CCC([C@H]3C[C@@H](C(=O)Nc4ccc(F)cc4)CN3C)CC2)cn1. The van der Waals surface area contributed by atoms with Crippen LogP contribution in [0.15, 0.2) is 36.7 Å². The summed E-state index contributed by atoms with van der Waals surface area (Å²) in [5, 5.41) is 2.94. The molecule has 1 aromatic carbocycles. The number of rotatable bonds is 5. The van der Waals surface area contributed by atoms with E-state index in [-0.39, 0.29) is 17.6 Å². The molecule has 0 spiro atoms. The summed E-state index contributed by atoms with van der Waals surface area (Å²) < 4.78 is 13.1. The van der Waals surface area contributed by atoms with E-state index < -0.39 is 0 Å². The number of carbonyl (C=O) groups excluding carboxylic acids is 1. The van der Waals surface area contributed by atoms with E-state index in [4.69, 9.17) is 0 Å². The average Bonchev–Trinajstić information content (AvgIpc) is 3.14. The maximum Gasteiger partial charge on any atom is 0.228 e. The van der Waals surface area contributed by atoms with E-state index in [2.05, 4.69) is 32.1 Å². The van der Waals surface area contributed by atoms with Crippen molar-refractivity contribution >= 4 is 11.6 Å². The van der Waals surface area contributed by atoms with Crippen molar-refractivity contribution in [2.75, 3.05) is 32.0 Å². The summed E-state index contributed by atoms with van der Waals surface area (Å²) in [5.41, 5.74) is 1.82. The number of hydrogen-bond donors (Lipinski definition) is 1. The lowest BCUT2D eigenvalue weighted by Gasteiger charge is -2.37. The van der Waals surface area contributed by atoms with Crippen molar-refractivity contribution in [3.05, 3.63) is 53.9 Å². The summed E-state index contributed by atoms with van der Waals surface area (Å²) in [6.07, 6.45) is 7.02. The minimum atomic E-state index is -0.296. The van der Waals surface area contributed by atoms with Crippen LogP contribution < -0.4 is 5.32 Å². The largest absolute Gasteiger partial charge is 0.326 e. The zero-order valence-corrected chi connectivity index (χ0v) is 17.7. The van der Waals surface area contributed by atoms with Gasteiger partial charge in [0.15, 0.2) is 0 Å². The predicted molar refractivity (Wildman–Crippen MR) is 114 cm³/mol. The molecular formula is C23H30FN5O. The summed E-state index contributed by atoms with van der Waals surface area (Å²) in [5.74, 6) is 1.14. The number of hydrogen-bond acceptors (Lipinski definition) is 5. The van der Waals surface area contributed by atoms with E-state index in [1.165, 1.54) is 12.1 Å². The first-order valence-corrected chi connectivity index (χ1v) is 10.7. The Morgan fingerprint density at radius 1 is 1.17 bits per heavy atom. The predicted octanol–water partition coefficient (Wildman–Crippen LogP) is 3.10. The third kappa shape index (κ3) is 5.02. The minimum absolute atomic E-state index is 0.0206. The van der Waals surface area contributed by atoms with E-state index in [0.717, 1.165) is 56.8 Å². The smallest absolute Gasteiger partial charge is 0.228 e. The number of piperidine rings is 1. The van der Waals surface area contributed by atoms with Gasteiger partial charge < -0.3 is 10.2 Å². The first-order chi connectivity index (χ1) is 14.5. The number of benzene rings is 1. The van der Waals surface area contributed by atoms with Gasteiger partial charge in [-0.05, 0) is 76.5 Å². The highest BCUT2D eigenvalue weighted by Crippen LogP contribution is 2.33. The Labute approximate surface area is 177 Å². The van der Waals surface area contributed by atoms with Crippen LogP contribution in [0.1, 0.15) is 30.7 Å². The quantitative estimate of drug-likeness (QED) is 0.819. The fourth-order valence-electron chi connectivity index (χ4n) is 4.80. The van der Waals surface area contributed by atoms with Gasteiger partial charge in [-0.2, -0.15) is 0 Å². The number of likely N-dealkylation sites (tertiary alicyclic amines) is 2. The van der Waals surface area contributed by atoms with Crippen molar-refractivity contribution in [3.63, 3.8) is 0 Å².